The number of halogens is 1. The molecule has 3 heteroatoms. The van der Waals surface area contributed by atoms with Gasteiger partial charge in [-0.15, -0.1) is 0 Å². The molecule has 1 unspecified atom stereocenters. The summed E-state index contributed by atoms with van der Waals surface area (Å²) in [5.41, 5.74) is 9.73. The van der Waals surface area contributed by atoms with E-state index in [1.807, 2.05) is 30.3 Å². The van der Waals surface area contributed by atoms with Gasteiger partial charge in [0.1, 0.15) is 5.75 Å². The maximum atomic E-state index is 6.37. The molecule has 1 aromatic rings. The van der Waals surface area contributed by atoms with Gasteiger partial charge in [-0.05, 0) is 57.1 Å². The summed E-state index contributed by atoms with van der Waals surface area (Å²) in [6.07, 6.45) is 2.90. The Morgan fingerprint density at radius 3 is 2.24 bits per heavy atom. The van der Waals surface area contributed by atoms with Crippen LogP contribution in [0.4, 0.5) is 0 Å². The number of hydrogen-bond acceptors (Lipinski definition) is 2. The van der Waals surface area contributed by atoms with E-state index in [1.165, 1.54) is 5.57 Å². The van der Waals surface area contributed by atoms with Crippen molar-refractivity contribution < 1.29 is 4.74 Å². The number of benzene rings is 1. The van der Waals surface area contributed by atoms with Gasteiger partial charge in [0.05, 0.1) is 0 Å². The third-order valence-electron chi connectivity index (χ3n) is 3.81. The third-order valence-corrected chi connectivity index (χ3v) is 4.48. The Balaban J connectivity index is 2.37. The van der Waals surface area contributed by atoms with Gasteiger partial charge in [-0.3, -0.25) is 0 Å². The highest BCUT2D eigenvalue weighted by atomic mass is 79.9. The largest absolute Gasteiger partial charge is 0.472 e. The minimum Gasteiger partial charge on any atom is -0.472 e. The second kappa shape index (κ2) is 6.27. The molecule has 1 aliphatic carbocycles. The molecular formula is C18H24BrNO. The fraction of sp³-hybridized carbons (Fsp3) is 0.444. The number of alkyl halides is 1. The van der Waals surface area contributed by atoms with E-state index in [1.54, 1.807) is 0 Å². The van der Waals surface area contributed by atoms with Gasteiger partial charge in [-0.25, -0.2) is 0 Å². The Labute approximate surface area is 136 Å². The fourth-order valence-corrected chi connectivity index (χ4v) is 3.38. The SMILES string of the molecule is CC(C)C1=CC(Br)(Oc2ccccc2)CC(C(C)C)=C1N. The van der Waals surface area contributed by atoms with Gasteiger partial charge in [-0.1, -0.05) is 45.9 Å². The minimum absolute atomic E-state index is 0.371. The standard InChI is InChI=1S/C18H24BrNO/c1-12(2)15-10-18(19,11-16(13(3)4)17(15)20)21-14-8-6-5-7-9-14/h5-10,12-13H,11,20H2,1-4H3. The first-order valence-corrected chi connectivity index (χ1v) is 8.26. The van der Waals surface area contributed by atoms with Crippen LogP contribution in [-0.4, -0.2) is 4.51 Å². The first kappa shape index (κ1) is 16.2. The summed E-state index contributed by atoms with van der Waals surface area (Å²) in [5, 5.41) is 0. The Morgan fingerprint density at radius 2 is 1.71 bits per heavy atom. The van der Waals surface area contributed by atoms with Crippen LogP contribution >= 0.6 is 15.9 Å². The monoisotopic (exact) mass is 349 g/mol. The Hall–Kier alpha value is -1.22. The molecule has 0 fully saturated rings. The Morgan fingerprint density at radius 1 is 1.10 bits per heavy atom. The fourth-order valence-electron chi connectivity index (χ4n) is 2.64. The molecule has 0 aliphatic heterocycles. The first-order chi connectivity index (χ1) is 9.82. The molecule has 1 atom stereocenters. The topological polar surface area (TPSA) is 35.2 Å². The first-order valence-electron chi connectivity index (χ1n) is 7.47. The molecule has 114 valence electrons. The van der Waals surface area contributed by atoms with Crippen molar-refractivity contribution in [1.29, 1.82) is 0 Å². The summed E-state index contributed by atoms with van der Waals surface area (Å²) < 4.78 is 5.69. The van der Waals surface area contributed by atoms with Gasteiger partial charge < -0.3 is 10.5 Å². The lowest BCUT2D eigenvalue weighted by atomic mass is 9.83. The highest BCUT2D eigenvalue weighted by molar-refractivity contribution is 9.10. The summed E-state index contributed by atoms with van der Waals surface area (Å²) >= 11 is 3.79. The van der Waals surface area contributed by atoms with Crippen LogP contribution in [0.15, 0.2) is 53.3 Å². The molecule has 21 heavy (non-hydrogen) atoms. The van der Waals surface area contributed by atoms with Gasteiger partial charge in [-0.2, -0.15) is 0 Å². The lowest BCUT2D eigenvalue weighted by molar-refractivity contribution is 0.214. The van der Waals surface area contributed by atoms with Crippen molar-refractivity contribution in [1.82, 2.24) is 0 Å². The van der Waals surface area contributed by atoms with Crippen LogP contribution in [0.1, 0.15) is 34.1 Å². The molecule has 0 radical (unpaired) electrons. The number of nitrogens with two attached hydrogens (primary N) is 1. The van der Waals surface area contributed by atoms with E-state index >= 15 is 0 Å². The maximum absolute atomic E-state index is 6.37. The molecular weight excluding hydrogens is 326 g/mol. The van der Waals surface area contributed by atoms with Crippen molar-refractivity contribution in [2.24, 2.45) is 17.6 Å². The number of para-hydroxylation sites is 1. The number of hydrogen-bond donors (Lipinski definition) is 1. The number of ether oxygens (including phenoxy) is 1. The maximum Gasteiger partial charge on any atom is 0.186 e. The smallest absolute Gasteiger partial charge is 0.186 e. The average molecular weight is 350 g/mol. The van der Waals surface area contributed by atoms with E-state index in [9.17, 15) is 0 Å². The van der Waals surface area contributed by atoms with Gasteiger partial charge in [0.15, 0.2) is 4.51 Å². The lowest BCUT2D eigenvalue weighted by Gasteiger charge is -2.35. The zero-order chi connectivity index (χ0) is 15.6. The molecule has 0 amide bonds. The van der Waals surface area contributed by atoms with E-state index in [0.29, 0.717) is 11.8 Å². The van der Waals surface area contributed by atoms with E-state index in [0.717, 1.165) is 23.4 Å². The van der Waals surface area contributed by atoms with Gasteiger partial charge in [0.2, 0.25) is 0 Å². The van der Waals surface area contributed by atoms with Gasteiger partial charge in [0, 0.05) is 12.1 Å². The summed E-state index contributed by atoms with van der Waals surface area (Å²) in [5.74, 6) is 1.64. The molecule has 0 saturated carbocycles. The predicted octanol–water partition coefficient (Wildman–Crippen LogP) is 5.01. The van der Waals surface area contributed by atoms with E-state index in [4.69, 9.17) is 10.5 Å². The highest BCUT2D eigenvalue weighted by Gasteiger charge is 2.35. The molecule has 0 heterocycles. The third kappa shape index (κ3) is 3.70. The minimum atomic E-state index is -0.517. The molecule has 2 nitrogen and oxygen atoms in total. The molecule has 2 rings (SSSR count). The van der Waals surface area contributed by atoms with E-state index < -0.39 is 4.51 Å². The van der Waals surface area contributed by atoms with Crippen molar-refractivity contribution in [3.8, 4) is 5.75 Å². The van der Waals surface area contributed by atoms with Crippen molar-refractivity contribution in [3.05, 3.63) is 53.3 Å². The summed E-state index contributed by atoms with van der Waals surface area (Å²) in [4.78, 5) is 0. The predicted molar refractivity (Wildman–Crippen MR) is 92.3 cm³/mol. The average Bonchev–Trinajstić information content (AvgIpc) is 2.42. The zero-order valence-corrected chi connectivity index (χ0v) is 14.8. The summed E-state index contributed by atoms with van der Waals surface area (Å²) in [6, 6.07) is 9.90. The molecule has 1 aromatic carbocycles. The van der Waals surface area contributed by atoms with Crippen LogP contribution in [0.25, 0.3) is 0 Å². The molecule has 1 aliphatic rings. The summed E-state index contributed by atoms with van der Waals surface area (Å²) in [7, 11) is 0. The van der Waals surface area contributed by atoms with Crippen molar-refractivity contribution in [3.63, 3.8) is 0 Å². The van der Waals surface area contributed by atoms with E-state index in [-0.39, 0.29) is 0 Å². The Bertz CT molecular complexity index is 560. The van der Waals surface area contributed by atoms with Crippen LogP contribution in [0, 0.1) is 11.8 Å². The van der Waals surface area contributed by atoms with Gasteiger partial charge in [0.25, 0.3) is 0 Å². The molecule has 0 saturated heterocycles. The van der Waals surface area contributed by atoms with Crippen LogP contribution in [0.2, 0.25) is 0 Å². The van der Waals surface area contributed by atoms with Crippen molar-refractivity contribution in [2.45, 2.75) is 38.6 Å². The second-order valence-electron chi connectivity index (χ2n) is 6.23. The van der Waals surface area contributed by atoms with Crippen LogP contribution in [0.5, 0.6) is 5.75 Å². The normalized spacial score (nSPS) is 22.7. The van der Waals surface area contributed by atoms with Crippen molar-refractivity contribution in [2.75, 3.05) is 0 Å². The quantitative estimate of drug-likeness (QED) is 0.775. The molecule has 0 spiro atoms. The summed E-state index contributed by atoms with van der Waals surface area (Å²) in [6.45, 7) is 8.69. The van der Waals surface area contributed by atoms with Crippen molar-refractivity contribution >= 4 is 15.9 Å². The number of rotatable bonds is 4. The molecule has 2 N–H and O–H groups in total. The van der Waals surface area contributed by atoms with Crippen LogP contribution in [0.3, 0.4) is 0 Å². The number of allylic oxidation sites excluding steroid dienone is 1. The Kier molecular flexibility index (Phi) is 4.82. The molecule has 0 aromatic heterocycles. The van der Waals surface area contributed by atoms with Crippen LogP contribution < -0.4 is 10.5 Å². The second-order valence-corrected chi connectivity index (χ2v) is 7.57. The van der Waals surface area contributed by atoms with Crippen LogP contribution in [-0.2, 0) is 0 Å². The zero-order valence-electron chi connectivity index (χ0n) is 13.2. The molecule has 0 bridgehead atoms. The van der Waals surface area contributed by atoms with E-state index in [2.05, 4.69) is 49.7 Å². The van der Waals surface area contributed by atoms with Gasteiger partial charge >= 0.3 is 0 Å². The highest BCUT2D eigenvalue weighted by Crippen LogP contribution is 2.41. The lowest BCUT2D eigenvalue weighted by Crippen LogP contribution is -2.34.